The van der Waals surface area contributed by atoms with Gasteiger partial charge in [0.05, 0.1) is 12.2 Å². The van der Waals surface area contributed by atoms with E-state index in [1.54, 1.807) is 0 Å². The summed E-state index contributed by atoms with van der Waals surface area (Å²) in [6.07, 6.45) is 6.13. The molecule has 1 spiro atoms. The Bertz CT molecular complexity index is 535. The minimum absolute atomic E-state index is 0.0380. The van der Waals surface area contributed by atoms with Crippen molar-refractivity contribution in [2.75, 3.05) is 26.3 Å². The van der Waals surface area contributed by atoms with Crippen LogP contribution in [0.4, 0.5) is 4.79 Å². The summed E-state index contributed by atoms with van der Waals surface area (Å²) in [5.74, 6) is -0.311. The lowest BCUT2D eigenvalue weighted by Crippen LogP contribution is -2.50. The highest BCUT2D eigenvalue weighted by molar-refractivity contribution is 5.68. The third-order valence-electron chi connectivity index (χ3n) is 5.98. The van der Waals surface area contributed by atoms with E-state index in [-0.39, 0.29) is 24.9 Å². The molecule has 154 valence electrons. The molecule has 2 saturated carbocycles. The highest BCUT2D eigenvalue weighted by Crippen LogP contribution is 2.52. The lowest BCUT2D eigenvalue weighted by atomic mass is 9.58. The Kier molecular flexibility index (Phi) is 6.01. The second-order valence-corrected chi connectivity index (χ2v) is 9.50. The summed E-state index contributed by atoms with van der Waals surface area (Å²) in [6, 6.07) is 0. The molecule has 1 aliphatic heterocycles. The number of carbonyl (C=O) groups excluding carboxylic acids is 1. The van der Waals surface area contributed by atoms with E-state index < -0.39 is 11.6 Å². The molecular formula is C20H33NO6. The molecule has 3 aliphatic rings. The Balaban J connectivity index is 1.27. The molecule has 3 rings (SSSR count). The normalized spacial score (nSPS) is 27.7. The van der Waals surface area contributed by atoms with Gasteiger partial charge in [-0.1, -0.05) is 0 Å². The number of carboxylic acid groups (broad SMARTS) is 1. The molecule has 0 radical (unpaired) electrons. The van der Waals surface area contributed by atoms with Crippen LogP contribution in [-0.2, 0) is 19.0 Å². The van der Waals surface area contributed by atoms with Crippen molar-refractivity contribution in [2.24, 2.45) is 11.3 Å². The van der Waals surface area contributed by atoms with Crippen molar-refractivity contribution < 1.29 is 28.9 Å². The van der Waals surface area contributed by atoms with E-state index in [1.165, 1.54) is 12.8 Å². The number of hydrogen-bond donors (Lipinski definition) is 1. The van der Waals surface area contributed by atoms with E-state index in [0.717, 1.165) is 45.4 Å². The first-order valence-electron chi connectivity index (χ1n) is 10.1. The van der Waals surface area contributed by atoms with E-state index in [9.17, 15) is 9.59 Å². The lowest BCUT2D eigenvalue weighted by Gasteiger charge is -2.52. The second kappa shape index (κ2) is 7.95. The Labute approximate surface area is 161 Å². The number of carbonyl (C=O) groups is 2. The van der Waals surface area contributed by atoms with Gasteiger partial charge in [0.2, 0.25) is 0 Å². The van der Waals surface area contributed by atoms with Crippen LogP contribution in [0.25, 0.3) is 0 Å². The van der Waals surface area contributed by atoms with Crippen molar-refractivity contribution in [1.82, 2.24) is 4.90 Å². The molecular weight excluding hydrogens is 350 g/mol. The number of likely N-dealkylation sites (tertiary alicyclic amines) is 1. The van der Waals surface area contributed by atoms with Gasteiger partial charge >= 0.3 is 12.1 Å². The molecule has 0 aromatic heterocycles. The first-order valence-corrected chi connectivity index (χ1v) is 10.1. The Hall–Kier alpha value is -1.34. The van der Waals surface area contributed by atoms with Crippen molar-refractivity contribution >= 4 is 12.1 Å². The maximum absolute atomic E-state index is 12.2. The van der Waals surface area contributed by atoms with Crippen LogP contribution < -0.4 is 0 Å². The van der Waals surface area contributed by atoms with E-state index in [4.69, 9.17) is 19.3 Å². The summed E-state index contributed by atoms with van der Waals surface area (Å²) in [7, 11) is 0. The zero-order valence-electron chi connectivity index (χ0n) is 16.7. The summed E-state index contributed by atoms with van der Waals surface area (Å²) in [5, 5.41) is 8.60. The lowest BCUT2D eigenvalue weighted by molar-refractivity contribution is -0.155. The van der Waals surface area contributed by atoms with Crippen molar-refractivity contribution in [3.05, 3.63) is 0 Å². The predicted octanol–water partition coefficient (Wildman–Crippen LogP) is 3.06. The molecule has 2 aliphatic carbocycles. The van der Waals surface area contributed by atoms with Gasteiger partial charge in [0.25, 0.3) is 0 Å². The highest BCUT2D eigenvalue weighted by Gasteiger charge is 2.47. The topological polar surface area (TPSA) is 85.3 Å². The number of hydrogen-bond acceptors (Lipinski definition) is 5. The van der Waals surface area contributed by atoms with E-state index in [0.29, 0.717) is 11.3 Å². The monoisotopic (exact) mass is 383 g/mol. The third-order valence-corrected chi connectivity index (χ3v) is 5.98. The van der Waals surface area contributed by atoms with Gasteiger partial charge in [0.1, 0.15) is 12.2 Å². The average Bonchev–Trinajstić information content (AvgIpc) is 2.49. The summed E-state index contributed by atoms with van der Waals surface area (Å²) >= 11 is 0. The standard InChI is InChI=1S/C20H33NO6/c1-19(2,3)27-18(24)21-6-4-20(5-7-21)10-14(11-20)12-25-15-8-16(9-15)26-13-17(22)23/h14-16H,4-13H2,1-3H3,(H,22,23). The van der Waals surface area contributed by atoms with E-state index in [1.807, 2.05) is 25.7 Å². The van der Waals surface area contributed by atoms with E-state index >= 15 is 0 Å². The van der Waals surface area contributed by atoms with Crippen LogP contribution in [0.2, 0.25) is 0 Å². The Morgan fingerprint density at radius 2 is 1.67 bits per heavy atom. The Morgan fingerprint density at radius 3 is 2.22 bits per heavy atom. The van der Waals surface area contributed by atoms with Crippen molar-refractivity contribution in [1.29, 1.82) is 0 Å². The third kappa shape index (κ3) is 5.57. The van der Waals surface area contributed by atoms with Crippen LogP contribution in [0.3, 0.4) is 0 Å². The zero-order valence-corrected chi connectivity index (χ0v) is 16.7. The molecule has 27 heavy (non-hydrogen) atoms. The first kappa shape index (κ1) is 20.4. The SMILES string of the molecule is CC(C)(C)OC(=O)N1CCC2(CC1)CC(COC1CC(OCC(=O)O)C1)C2. The van der Waals surface area contributed by atoms with Gasteiger partial charge in [-0.25, -0.2) is 9.59 Å². The van der Waals surface area contributed by atoms with Crippen LogP contribution in [0.1, 0.15) is 59.3 Å². The van der Waals surface area contributed by atoms with Crippen molar-refractivity contribution in [3.8, 4) is 0 Å². The number of carboxylic acids is 1. The predicted molar refractivity (Wildman–Crippen MR) is 98.5 cm³/mol. The van der Waals surface area contributed by atoms with Gasteiger partial charge in [0.15, 0.2) is 0 Å². The highest BCUT2D eigenvalue weighted by atomic mass is 16.6. The van der Waals surface area contributed by atoms with Gasteiger partial charge < -0.3 is 24.2 Å². The van der Waals surface area contributed by atoms with Gasteiger partial charge in [-0.15, -0.1) is 0 Å². The minimum Gasteiger partial charge on any atom is -0.480 e. The van der Waals surface area contributed by atoms with Crippen LogP contribution in [0, 0.1) is 11.3 Å². The number of ether oxygens (including phenoxy) is 3. The summed E-state index contributed by atoms with van der Waals surface area (Å²) in [5.41, 5.74) is -0.0520. The fourth-order valence-electron chi connectivity index (χ4n) is 4.43. The molecule has 1 N–H and O–H groups in total. The van der Waals surface area contributed by atoms with Crippen LogP contribution >= 0.6 is 0 Å². The smallest absolute Gasteiger partial charge is 0.410 e. The maximum Gasteiger partial charge on any atom is 0.410 e. The fraction of sp³-hybridized carbons (Fsp3) is 0.900. The number of amides is 1. The molecule has 0 bridgehead atoms. The summed E-state index contributed by atoms with van der Waals surface area (Å²) < 4.78 is 16.7. The summed E-state index contributed by atoms with van der Waals surface area (Å²) in [4.78, 5) is 24.5. The number of rotatable bonds is 6. The summed E-state index contributed by atoms with van der Waals surface area (Å²) in [6.45, 7) is 7.83. The van der Waals surface area contributed by atoms with Crippen LogP contribution in [0.15, 0.2) is 0 Å². The molecule has 1 heterocycles. The Morgan fingerprint density at radius 1 is 1.07 bits per heavy atom. The van der Waals surface area contributed by atoms with Gasteiger partial charge in [-0.3, -0.25) is 0 Å². The zero-order chi connectivity index (χ0) is 19.7. The van der Waals surface area contributed by atoms with Crippen LogP contribution in [-0.4, -0.2) is 66.2 Å². The largest absolute Gasteiger partial charge is 0.480 e. The molecule has 7 heteroatoms. The number of nitrogens with zero attached hydrogens (tertiary/aromatic N) is 1. The van der Waals surface area contributed by atoms with Crippen molar-refractivity contribution in [2.45, 2.75) is 77.1 Å². The molecule has 0 atom stereocenters. The molecule has 7 nitrogen and oxygen atoms in total. The number of aliphatic carboxylic acids is 1. The number of piperidine rings is 1. The molecule has 3 fully saturated rings. The second-order valence-electron chi connectivity index (χ2n) is 9.50. The van der Waals surface area contributed by atoms with Gasteiger partial charge in [0, 0.05) is 19.7 Å². The fourth-order valence-corrected chi connectivity index (χ4v) is 4.43. The molecule has 0 aromatic carbocycles. The van der Waals surface area contributed by atoms with E-state index in [2.05, 4.69) is 0 Å². The maximum atomic E-state index is 12.2. The van der Waals surface area contributed by atoms with Gasteiger partial charge in [-0.05, 0) is 70.6 Å². The molecule has 1 amide bonds. The van der Waals surface area contributed by atoms with Gasteiger partial charge in [-0.2, -0.15) is 0 Å². The molecule has 1 saturated heterocycles. The first-order chi connectivity index (χ1) is 12.6. The molecule has 0 unspecified atom stereocenters. The van der Waals surface area contributed by atoms with Crippen molar-refractivity contribution in [3.63, 3.8) is 0 Å². The average molecular weight is 383 g/mol. The molecule has 0 aromatic rings. The van der Waals surface area contributed by atoms with Crippen LogP contribution in [0.5, 0.6) is 0 Å². The minimum atomic E-state index is -0.920. The quantitative estimate of drug-likeness (QED) is 0.759.